The summed E-state index contributed by atoms with van der Waals surface area (Å²) in [6.07, 6.45) is 0.901. The molecule has 0 bridgehead atoms. The topological polar surface area (TPSA) is 46.6 Å². The predicted octanol–water partition coefficient (Wildman–Crippen LogP) is 3.38. The standard InChI is InChI=1S/C19H19NO3/c1-3-18(21)14-6-4-13(5-7-14)12-20-17-9-8-16(23-2)10-15(17)11-19(20)22/h4-10H,3,11-12H2,1-2H3. The van der Waals surface area contributed by atoms with Crippen LogP contribution in [0.4, 0.5) is 5.69 Å². The Morgan fingerprint density at radius 3 is 2.57 bits per heavy atom. The summed E-state index contributed by atoms with van der Waals surface area (Å²) in [4.78, 5) is 25.7. The molecule has 2 aromatic rings. The van der Waals surface area contributed by atoms with Gasteiger partial charge >= 0.3 is 0 Å². The molecule has 0 unspecified atom stereocenters. The number of carbonyl (C=O) groups excluding carboxylic acids is 2. The number of methoxy groups -OCH3 is 1. The van der Waals surface area contributed by atoms with Crippen molar-refractivity contribution in [3.05, 3.63) is 59.2 Å². The summed E-state index contributed by atoms with van der Waals surface area (Å²) < 4.78 is 5.21. The molecule has 0 radical (unpaired) electrons. The van der Waals surface area contributed by atoms with E-state index in [0.717, 1.165) is 22.6 Å². The van der Waals surface area contributed by atoms with Gasteiger partial charge in [-0.3, -0.25) is 9.59 Å². The molecule has 3 rings (SSSR count). The Morgan fingerprint density at radius 1 is 1.17 bits per heavy atom. The average Bonchev–Trinajstić information content (AvgIpc) is 2.89. The summed E-state index contributed by atoms with van der Waals surface area (Å²) in [5.74, 6) is 0.981. The number of fused-ring (bicyclic) bond motifs is 1. The molecule has 0 saturated carbocycles. The van der Waals surface area contributed by atoms with Crippen molar-refractivity contribution in [2.45, 2.75) is 26.3 Å². The summed E-state index contributed by atoms with van der Waals surface area (Å²) in [5.41, 5.74) is 3.65. The van der Waals surface area contributed by atoms with Gasteiger partial charge in [0.15, 0.2) is 5.78 Å². The molecule has 0 fully saturated rings. The van der Waals surface area contributed by atoms with Crippen LogP contribution in [-0.2, 0) is 17.8 Å². The maximum absolute atomic E-state index is 12.3. The lowest BCUT2D eigenvalue weighted by molar-refractivity contribution is -0.117. The molecule has 0 spiro atoms. The van der Waals surface area contributed by atoms with E-state index in [4.69, 9.17) is 4.74 Å². The maximum Gasteiger partial charge on any atom is 0.231 e. The second kappa shape index (κ2) is 6.24. The van der Waals surface area contributed by atoms with E-state index < -0.39 is 0 Å². The van der Waals surface area contributed by atoms with Crippen LogP contribution < -0.4 is 9.64 Å². The van der Waals surface area contributed by atoms with Gasteiger partial charge in [-0.2, -0.15) is 0 Å². The number of hydrogen-bond donors (Lipinski definition) is 0. The molecule has 23 heavy (non-hydrogen) atoms. The third-order valence-electron chi connectivity index (χ3n) is 4.16. The second-order valence-corrected chi connectivity index (χ2v) is 5.62. The highest BCUT2D eigenvalue weighted by molar-refractivity contribution is 6.01. The molecular formula is C19H19NO3. The highest BCUT2D eigenvalue weighted by Gasteiger charge is 2.27. The van der Waals surface area contributed by atoms with E-state index >= 15 is 0 Å². The number of ketones is 1. The van der Waals surface area contributed by atoms with Crippen LogP contribution in [0, 0.1) is 0 Å². The Bertz CT molecular complexity index is 750. The number of nitrogens with zero attached hydrogens (tertiary/aromatic N) is 1. The first-order valence-electron chi connectivity index (χ1n) is 7.71. The number of amides is 1. The Morgan fingerprint density at radius 2 is 1.91 bits per heavy atom. The van der Waals surface area contributed by atoms with E-state index in [9.17, 15) is 9.59 Å². The smallest absolute Gasteiger partial charge is 0.231 e. The van der Waals surface area contributed by atoms with E-state index in [1.165, 1.54) is 0 Å². The van der Waals surface area contributed by atoms with Crippen molar-refractivity contribution in [3.63, 3.8) is 0 Å². The second-order valence-electron chi connectivity index (χ2n) is 5.62. The molecule has 118 valence electrons. The van der Waals surface area contributed by atoms with Crippen molar-refractivity contribution in [1.82, 2.24) is 0 Å². The first kappa shape index (κ1) is 15.3. The molecule has 0 aromatic heterocycles. The molecule has 4 nitrogen and oxygen atoms in total. The van der Waals surface area contributed by atoms with Gasteiger partial charge < -0.3 is 9.64 Å². The lowest BCUT2D eigenvalue weighted by Gasteiger charge is -2.18. The summed E-state index contributed by atoms with van der Waals surface area (Å²) in [7, 11) is 1.62. The average molecular weight is 309 g/mol. The van der Waals surface area contributed by atoms with Crippen molar-refractivity contribution in [3.8, 4) is 5.75 Å². The van der Waals surface area contributed by atoms with Crippen LogP contribution in [0.5, 0.6) is 5.75 Å². The fourth-order valence-corrected chi connectivity index (χ4v) is 2.84. The lowest BCUT2D eigenvalue weighted by Crippen LogP contribution is -2.25. The number of Topliss-reactive ketones (excluding diaryl/α,β-unsaturated/α-hetero) is 1. The Hall–Kier alpha value is -2.62. The van der Waals surface area contributed by atoms with E-state index in [1.54, 1.807) is 12.0 Å². The number of carbonyl (C=O) groups is 2. The number of rotatable bonds is 5. The molecular weight excluding hydrogens is 290 g/mol. The quantitative estimate of drug-likeness (QED) is 0.796. The molecule has 1 heterocycles. The van der Waals surface area contributed by atoms with E-state index in [0.29, 0.717) is 24.9 Å². The van der Waals surface area contributed by atoms with E-state index in [1.807, 2.05) is 49.4 Å². The highest BCUT2D eigenvalue weighted by Crippen LogP contribution is 2.33. The van der Waals surface area contributed by atoms with Gasteiger partial charge in [-0.15, -0.1) is 0 Å². The van der Waals surface area contributed by atoms with Gasteiger partial charge in [0.2, 0.25) is 5.91 Å². The van der Waals surface area contributed by atoms with Gasteiger partial charge in [0.25, 0.3) is 0 Å². The van der Waals surface area contributed by atoms with Crippen molar-refractivity contribution >= 4 is 17.4 Å². The summed E-state index contributed by atoms with van der Waals surface area (Å²) in [6.45, 7) is 2.36. The van der Waals surface area contributed by atoms with Crippen LogP contribution in [0.3, 0.4) is 0 Å². The van der Waals surface area contributed by atoms with Crippen LogP contribution in [-0.4, -0.2) is 18.8 Å². The van der Waals surface area contributed by atoms with Crippen LogP contribution >= 0.6 is 0 Å². The summed E-state index contributed by atoms with van der Waals surface area (Å²) in [6, 6.07) is 13.2. The van der Waals surface area contributed by atoms with Crippen molar-refractivity contribution in [1.29, 1.82) is 0 Å². The Balaban J connectivity index is 1.81. The fourth-order valence-electron chi connectivity index (χ4n) is 2.84. The van der Waals surface area contributed by atoms with Crippen LogP contribution in [0.25, 0.3) is 0 Å². The third-order valence-corrected chi connectivity index (χ3v) is 4.16. The van der Waals surface area contributed by atoms with Crippen LogP contribution in [0.2, 0.25) is 0 Å². The summed E-state index contributed by atoms with van der Waals surface area (Å²) >= 11 is 0. The molecule has 4 heteroatoms. The Kier molecular flexibility index (Phi) is 4.15. The molecule has 0 N–H and O–H groups in total. The SMILES string of the molecule is CCC(=O)c1ccc(CN2C(=O)Cc3cc(OC)ccc32)cc1. The first-order chi connectivity index (χ1) is 11.1. The number of benzene rings is 2. The molecule has 0 aliphatic carbocycles. The van der Waals surface area contributed by atoms with Gasteiger partial charge in [-0.25, -0.2) is 0 Å². The van der Waals surface area contributed by atoms with Gasteiger partial charge in [-0.05, 0) is 29.3 Å². The monoisotopic (exact) mass is 309 g/mol. The minimum atomic E-state index is 0.0852. The largest absolute Gasteiger partial charge is 0.497 e. The Labute approximate surface area is 135 Å². The minimum Gasteiger partial charge on any atom is -0.497 e. The summed E-state index contributed by atoms with van der Waals surface area (Å²) in [5, 5.41) is 0. The molecule has 1 aliphatic heterocycles. The van der Waals surface area contributed by atoms with Crippen LogP contribution in [0.15, 0.2) is 42.5 Å². The molecule has 2 aromatic carbocycles. The normalized spacial score (nSPS) is 13.1. The lowest BCUT2D eigenvalue weighted by atomic mass is 10.1. The molecule has 0 saturated heterocycles. The van der Waals surface area contributed by atoms with Gasteiger partial charge in [0.05, 0.1) is 20.1 Å². The van der Waals surface area contributed by atoms with Crippen molar-refractivity contribution < 1.29 is 14.3 Å². The number of hydrogen-bond acceptors (Lipinski definition) is 3. The minimum absolute atomic E-state index is 0.0852. The maximum atomic E-state index is 12.3. The first-order valence-corrected chi connectivity index (χ1v) is 7.71. The fraction of sp³-hybridized carbons (Fsp3) is 0.263. The molecule has 1 amide bonds. The number of ether oxygens (including phenoxy) is 1. The zero-order chi connectivity index (χ0) is 16.4. The zero-order valence-electron chi connectivity index (χ0n) is 13.3. The molecule has 1 aliphatic rings. The van der Waals surface area contributed by atoms with E-state index in [-0.39, 0.29) is 11.7 Å². The molecule has 0 atom stereocenters. The van der Waals surface area contributed by atoms with Crippen molar-refractivity contribution in [2.24, 2.45) is 0 Å². The van der Waals surface area contributed by atoms with Gasteiger partial charge in [0, 0.05) is 17.7 Å². The van der Waals surface area contributed by atoms with Gasteiger partial charge in [-0.1, -0.05) is 31.2 Å². The van der Waals surface area contributed by atoms with Crippen molar-refractivity contribution in [2.75, 3.05) is 12.0 Å². The predicted molar refractivity (Wildman–Crippen MR) is 89.0 cm³/mol. The van der Waals surface area contributed by atoms with Crippen LogP contribution in [0.1, 0.15) is 34.8 Å². The van der Waals surface area contributed by atoms with E-state index in [2.05, 4.69) is 0 Å². The zero-order valence-corrected chi connectivity index (χ0v) is 13.3. The highest BCUT2D eigenvalue weighted by atomic mass is 16.5. The van der Waals surface area contributed by atoms with Gasteiger partial charge in [0.1, 0.15) is 5.75 Å². The number of anilines is 1. The third kappa shape index (κ3) is 2.97.